The van der Waals surface area contributed by atoms with E-state index in [9.17, 15) is 29.4 Å². The monoisotopic (exact) mass is 450 g/mol. The summed E-state index contributed by atoms with van der Waals surface area (Å²) in [6.45, 7) is 8.75. The van der Waals surface area contributed by atoms with Gasteiger partial charge in [-0.15, -0.1) is 13.2 Å². The fourth-order valence-corrected chi connectivity index (χ4v) is 4.00. The summed E-state index contributed by atoms with van der Waals surface area (Å²) in [4.78, 5) is 51.7. The number of fused-ring (bicyclic) bond motifs is 2. The summed E-state index contributed by atoms with van der Waals surface area (Å²) in [6, 6.07) is 5.94. The van der Waals surface area contributed by atoms with Gasteiger partial charge in [0.2, 0.25) is 0 Å². The van der Waals surface area contributed by atoms with E-state index in [1.54, 1.807) is 19.1 Å². The highest BCUT2D eigenvalue weighted by Crippen LogP contribution is 2.49. The molecule has 0 spiro atoms. The lowest BCUT2D eigenvalue weighted by Crippen LogP contribution is -2.26. The van der Waals surface area contributed by atoms with Gasteiger partial charge >= 0.3 is 11.9 Å². The molecule has 2 aromatic carbocycles. The minimum atomic E-state index is -1.38. The molecule has 0 saturated heterocycles. The number of hydrogen-bond donors (Lipinski definition) is 2. The molecule has 8 heteroatoms. The van der Waals surface area contributed by atoms with Crippen molar-refractivity contribution in [3.8, 4) is 11.5 Å². The normalized spacial score (nSPS) is 13.9. The van der Waals surface area contributed by atoms with Crippen molar-refractivity contribution in [1.29, 1.82) is 0 Å². The number of phenols is 2. The predicted molar refractivity (Wildman–Crippen MR) is 118 cm³/mol. The number of ketones is 2. The minimum Gasteiger partial charge on any atom is -0.507 e. The molecular formula is C25H22O8. The number of aromatic hydroxyl groups is 2. The van der Waals surface area contributed by atoms with Crippen molar-refractivity contribution in [1.82, 2.24) is 0 Å². The van der Waals surface area contributed by atoms with Crippen LogP contribution in [0, 0.1) is 0 Å². The molecule has 0 saturated carbocycles. The smallest absolute Gasteiger partial charge is 0.317 e. The van der Waals surface area contributed by atoms with Gasteiger partial charge in [0.1, 0.15) is 23.3 Å². The van der Waals surface area contributed by atoms with Crippen molar-refractivity contribution in [3.05, 3.63) is 83.0 Å². The molecule has 0 amide bonds. The highest BCUT2D eigenvalue weighted by Gasteiger charge is 2.42. The van der Waals surface area contributed by atoms with Crippen LogP contribution in [-0.2, 0) is 19.1 Å². The molecule has 170 valence electrons. The minimum absolute atomic E-state index is 0.00285. The van der Waals surface area contributed by atoms with Gasteiger partial charge in [-0.05, 0) is 6.92 Å². The maximum atomic E-state index is 13.2. The molecule has 3 rings (SSSR count). The maximum absolute atomic E-state index is 13.2. The topological polar surface area (TPSA) is 127 Å². The second-order valence-corrected chi connectivity index (χ2v) is 7.18. The van der Waals surface area contributed by atoms with Crippen molar-refractivity contribution >= 4 is 23.5 Å². The SMILES string of the molecule is C=CC(C(=O)OC)c1c(O)c2c(c(O)c1C(C=C)C(=O)OCC)C(=O)c1ccccc1C2=O. The van der Waals surface area contributed by atoms with Crippen LogP contribution in [0.25, 0.3) is 0 Å². The highest BCUT2D eigenvalue weighted by atomic mass is 16.5. The number of carbonyl (C=O) groups excluding carboxylic acids is 4. The Morgan fingerprint density at radius 2 is 1.33 bits per heavy atom. The van der Waals surface area contributed by atoms with Gasteiger partial charge in [-0.3, -0.25) is 19.2 Å². The third-order valence-electron chi connectivity index (χ3n) is 5.48. The molecule has 0 radical (unpaired) electrons. The number of rotatable bonds is 7. The standard InChI is InChI=1S/C25H22O8/c1-5-12(24(30)32-4)16-17(13(6-2)25(31)33-7-3)23(29)19-18(22(16)28)20(26)14-10-8-9-11-15(14)21(19)27/h5-6,8-13,28-29H,1-2,7H2,3-4H3. The van der Waals surface area contributed by atoms with Crippen LogP contribution >= 0.6 is 0 Å². The van der Waals surface area contributed by atoms with Crippen molar-refractivity contribution in [3.63, 3.8) is 0 Å². The van der Waals surface area contributed by atoms with E-state index in [1.807, 2.05) is 0 Å². The van der Waals surface area contributed by atoms with Crippen LogP contribution in [0.2, 0.25) is 0 Å². The summed E-state index contributed by atoms with van der Waals surface area (Å²) < 4.78 is 9.83. The van der Waals surface area contributed by atoms with Crippen LogP contribution in [-0.4, -0.2) is 47.4 Å². The van der Waals surface area contributed by atoms with Crippen LogP contribution in [0.4, 0.5) is 0 Å². The molecule has 0 heterocycles. The third kappa shape index (κ3) is 3.59. The van der Waals surface area contributed by atoms with Crippen LogP contribution < -0.4 is 0 Å². The van der Waals surface area contributed by atoms with Gasteiger partial charge in [0.15, 0.2) is 11.6 Å². The molecule has 1 aliphatic carbocycles. The van der Waals surface area contributed by atoms with Gasteiger partial charge in [-0.1, -0.05) is 36.4 Å². The van der Waals surface area contributed by atoms with E-state index in [1.165, 1.54) is 12.1 Å². The molecule has 2 aromatic rings. The molecule has 2 N–H and O–H groups in total. The van der Waals surface area contributed by atoms with E-state index in [0.717, 1.165) is 19.3 Å². The highest BCUT2D eigenvalue weighted by molar-refractivity contribution is 6.30. The molecule has 0 aromatic heterocycles. The fraction of sp³-hybridized carbons (Fsp3) is 0.200. The van der Waals surface area contributed by atoms with E-state index in [2.05, 4.69) is 13.2 Å². The van der Waals surface area contributed by atoms with Crippen LogP contribution in [0.1, 0.15) is 61.7 Å². The lowest BCUT2D eigenvalue weighted by Gasteiger charge is -2.27. The van der Waals surface area contributed by atoms with Gasteiger partial charge in [0, 0.05) is 22.3 Å². The Kier molecular flexibility index (Phi) is 6.48. The Morgan fingerprint density at radius 3 is 1.70 bits per heavy atom. The summed E-state index contributed by atoms with van der Waals surface area (Å²) in [5.74, 6) is -7.38. The maximum Gasteiger partial charge on any atom is 0.317 e. The zero-order valence-corrected chi connectivity index (χ0v) is 18.1. The van der Waals surface area contributed by atoms with Gasteiger partial charge in [0.05, 0.1) is 24.8 Å². The second kappa shape index (κ2) is 9.12. The summed E-state index contributed by atoms with van der Waals surface area (Å²) in [5.41, 5.74) is -1.48. The Balaban J connectivity index is 2.48. The number of esters is 2. The van der Waals surface area contributed by atoms with E-state index in [-0.39, 0.29) is 28.9 Å². The van der Waals surface area contributed by atoms with Gasteiger partial charge in [0.25, 0.3) is 0 Å². The van der Waals surface area contributed by atoms with Crippen LogP contribution in [0.3, 0.4) is 0 Å². The first kappa shape index (κ1) is 23.5. The Morgan fingerprint density at radius 1 is 0.909 bits per heavy atom. The zero-order chi connectivity index (χ0) is 24.4. The zero-order valence-electron chi connectivity index (χ0n) is 18.1. The average Bonchev–Trinajstić information content (AvgIpc) is 2.81. The number of methoxy groups -OCH3 is 1. The molecule has 2 atom stereocenters. The molecule has 8 nitrogen and oxygen atoms in total. The number of hydrogen-bond acceptors (Lipinski definition) is 8. The lowest BCUT2D eigenvalue weighted by molar-refractivity contribution is -0.144. The first-order valence-electron chi connectivity index (χ1n) is 10.0. The quantitative estimate of drug-likeness (QED) is 0.319. The molecule has 0 fully saturated rings. The lowest BCUT2D eigenvalue weighted by atomic mass is 9.76. The van der Waals surface area contributed by atoms with E-state index in [0.29, 0.717) is 0 Å². The van der Waals surface area contributed by atoms with Crippen LogP contribution in [0.5, 0.6) is 11.5 Å². The molecule has 1 aliphatic rings. The summed E-state index contributed by atoms with van der Waals surface area (Å²) in [7, 11) is 1.11. The average molecular weight is 450 g/mol. The molecule has 33 heavy (non-hydrogen) atoms. The fourth-order valence-electron chi connectivity index (χ4n) is 4.00. The Hall–Kier alpha value is -4.20. The number of phenolic OH excluding ortho intramolecular Hbond substituents is 2. The van der Waals surface area contributed by atoms with E-state index in [4.69, 9.17) is 9.47 Å². The van der Waals surface area contributed by atoms with Gasteiger partial charge in [-0.25, -0.2) is 0 Å². The van der Waals surface area contributed by atoms with Crippen molar-refractivity contribution in [2.75, 3.05) is 13.7 Å². The predicted octanol–water partition coefficient (Wildman–Crippen LogP) is 3.15. The number of benzene rings is 2. The molecular weight excluding hydrogens is 428 g/mol. The number of carbonyl (C=O) groups is 4. The molecule has 0 bridgehead atoms. The van der Waals surface area contributed by atoms with Crippen molar-refractivity contribution < 1.29 is 38.9 Å². The first-order valence-corrected chi connectivity index (χ1v) is 10.0. The largest absolute Gasteiger partial charge is 0.507 e. The number of ether oxygens (including phenoxy) is 2. The first-order chi connectivity index (χ1) is 15.7. The summed E-state index contributed by atoms with van der Waals surface area (Å²) >= 11 is 0. The molecule has 2 unspecified atom stereocenters. The third-order valence-corrected chi connectivity index (χ3v) is 5.48. The molecule has 0 aliphatic heterocycles. The Bertz CT molecular complexity index is 1210. The van der Waals surface area contributed by atoms with Gasteiger partial charge in [-0.2, -0.15) is 0 Å². The van der Waals surface area contributed by atoms with Crippen molar-refractivity contribution in [2.24, 2.45) is 0 Å². The van der Waals surface area contributed by atoms with Crippen molar-refractivity contribution in [2.45, 2.75) is 18.8 Å². The van der Waals surface area contributed by atoms with Crippen LogP contribution in [0.15, 0.2) is 49.6 Å². The van der Waals surface area contributed by atoms with E-state index < -0.39 is 58.0 Å². The van der Waals surface area contributed by atoms with Gasteiger partial charge < -0.3 is 19.7 Å². The Labute approximate surface area is 189 Å². The van der Waals surface area contributed by atoms with E-state index >= 15 is 0 Å². The summed E-state index contributed by atoms with van der Waals surface area (Å²) in [5, 5.41) is 22.5. The summed E-state index contributed by atoms with van der Waals surface area (Å²) in [6.07, 6.45) is 2.27. The second-order valence-electron chi connectivity index (χ2n) is 7.18.